The lowest BCUT2D eigenvalue weighted by Crippen LogP contribution is -2.51. The van der Waals surface area contributed by atoms with Crippen LogP contribution in [-0.2, 0) is 16.0 Å². The fraction of sp³-hybridized carbons (Fsp3) is 0.474. The van der Waals surface area contributed by atoms with E-state index in [4.69, 9.17) is 9.47 Å². The SMILES string of the molecule is CCOC(=O)[C@@]1(Cc2cccc(OC)c2)CCCN(C(=O)c2cnsn2)C1. The first-order valence-electron chi connectivity index (χ1n) is 8.95. The summed E-state index contributed by atoms with van der Waals surface area (Å²) < 4.78 is 18.6. The maximum Gasteiger partial charge on any atom is 0.314 e. The number of esters is 1. The van der Waals surface area contributed by atoms with Gasteiger partial charge in [-0.2, -0.15) is 8.75 Å². The van der Waals surface area contributed by atoms with Gasteiger partial charge in [0, 0.05) is 13.1 Å². The number of amides is 1. The van der Waals surface area contributed by atoms with Gasteiger partial charge in [0.2, 0.25) is 0 Å². The van der Waals surface area contributed by atoms with E-state index in [1.54, 1.807) is 18.9 Å². The highest BCUT2D eigenvalue weighted by atomic mass is 32.1. The maximum absolute atomic E-state index is 12.9. The van der Waals surface area contributed by atoms with Gasteiger partial charge in [-0.15, -0.1) is 0 Å². The van der Waals surface area contributed by atoms with Gasteiger partial charge in [-0.25, -0.2) is 0 Å². The van der Waals surface area contributed by atoms with Crippen LogP contribution >= 0.6 is 11.7 Å². The lowest BCUT2D eigenvalue weighted by atomic mass is 9.75. The summed E-state index contributed by atoms with van der Waals surface area (Å²) in [5.74, 6) is 0.285. The topological polar surface area (TPSA) is 81.6 Å². The number of ether oxygens (including phenoxy) is 2. The van der Waals surface area contributed by atoms with Gasteiger partial charge in [-0.3, -0.25) is 9.59 Å². The molecular weight excluding hydrogens is 366 g/mol. The van der Waals surface area contributed by atoms with Crippen LogP contribution in [0.4, 0.5) is 0 Å². The monoisotopic (exact) mass is 389 g/mol. The summed E-state index contributed by atoms with van der Waals surface area (Å²) in [5, 5.41) is 0. The van der Waals surface area contributed by atoms with Crippen LogP contribution in [0, 0.1) is 5.41 Å². The Morgan fingerprint density at radius 2 is 2.22 bits per heavy atom. The first-order valence-corrected chi connectivity index (χ1v) is 9.68. The minimum absolute atomic E-state index is 0.192. The van der Waals surface area contributed by atoms with Crippen LogP contribution in [0.2, 0.25) is 0 Å². The van der Waals surface area contributed by atoms with Crippen LogP contribution in [-0.4, -0.2) is 52.3 Å². The number of aromatic nitrogens is 2. The number of hydrogen-bond acceptors (Lipinski definition) is 7. The van der Waals surface area contributed by atoms with Crippen molar-refractivity contribution >= 4 is 23.6 Å². The van der Waals surface area contributed by atoms with Crippen molar-refractivity contribution in [2.24, 2.45) is 5.41 Å². The molecule has 0 saturated carbocycles. The molecule has 1 aromatic heterocycles. The first-order chi connectivity index (χ1) is 13.1. The van der Waals surface area contributed by atoms with Gasteiger partial charge < -0.3 is 14.4 Å². The number of nitrogens with zero attached hydrogens (tertiary/aromatic N) is 3. The molecule has 1 aromatic carbocycles. The molecule has 7 nitrogen and oxygen atoms in total. The largest absolute Gasteiger partial charge is 0.497 e. The summed E-state index contributed by atoms with van der Waals surface area (Å²) >= 11 is 1.000. The molecule has 0 bridgehead atoms. The molecule has 2 aromatic rings. The van der Waals surface area contributed by atoms with Gasteiger partial charge in [-0.05, 0) is 43.9 Å². The Bertz CT molecular complexity index is 796. The van der Waals surface area contributed by atoms with Crippen LogP contribution in [0.25, 0.3) is 0 Å². The number of hydrogen-bond donors (Lipinski definition) is 0. The third kappa shape index (κ3) is 4.27. The first kappa shape index (κ1) is 19.3. The van der Waals surface area contributed by atoms with E-state index < -0.39 is 5.41 Å². The highest BCUT2D eigenvalue weighted by molar-refractivity contribution is 6.99. The summed E-state index contributed by atoms with van der Waals surface area (Å²) in [6.07, 6.45) is 3.35. The molecule has 3 rings (SSSR count). The van der Waals surface area contributed by atoms with E-state index in [1.165, 1.54) is 6.20 Å². The summed E-state index contributed by atoms with van der Waals surface area (Å²) in [4.78, 5) is 27.3. The summed E-state index contributed by atoms with van der Waals surface area (Å²) in [6, 6.07) is 7.66. The van der Waals surface area contributed by atoms with E-state index in [9.17, 15) is 9.59 Å². The average Bonchev–Trinajstić information content (AvgIpc) is 3.22. The highest BCUT2D eigenvalue weighted by Gasteiger charge is 2.45. The number of carbonyl (C=O) groups excluding carboxylic acids is 2. The van der Waals surface area contributed by atoms with Gasteiger partial charge in [0.15, 0.2) is 5.69 Å². The molecule has 8 heteroatoms. The number of rotatable bonds is 6. The molecule has 1 aliphatic rings. The highest BCUT2D eigenvalue weighted by Crippen LogP contribution is 2.36. The van der Waals surface area contributed by atoms with E-state index in [1.807, 2.05) is 24.3 Å². The second kappa shape index (κ2) is 8.47. The van der Waals surface area contributed by atoms with E-state index >= 15 is 0 Å². The fourth-order valence-electron chi connectivity index (χ4n) is 3.57. The number of methoxy groups -OCH3 is 1. The van der Waals surface area contributed by atoms with Crippen LogP contribution in [0.3, 0.4) is 0 Å². The van der Waals surface area contributed by atoms with Crippen molar-refractivity contribution in [1.82, 2.24) is 13.6 Å². The molecule has 0 N–H and O–H groups in total. The van der Waals surface area contributed by atoms with Gasteiger partial charge in [0.1, 0.15) is 5.75 Å². The molecule has 1 atom stereocenters. The summed E-state index contributed by atoms with van der Waals surface area (Å²) in [7, 11) is 1.61. The molecule has 2 heterocycles. The molecule has 0 unspecified atom stereocenters. The molecule has 0 radical (unpaired) electrons. The molecular formula is C19H23N3O4S. The average molecular weight is 389 g/mol. The maximum atomic E-state index is 12.9. The fourth-order valence-corrected chi connectivity index (χ4v) is 3.97. The lowest BCUT2D eigenvalue weighted by Gasteiger charge is -2.40. The zero-order chi connectivity index (χ0) is 19.3. The summed E-state index contributed by atoms with van der Waals surface area (Å²) in [5.41, 5.74) is 0.521. The predicted molar refractivity (Wildman–Crippen MR) is 101 cm³/mol. The van der Waals surface area contributed by atoms with Crippen LogP contribution < -0.4 is 4.74 Å². The quantitative estimate of drug-likeness (QED) is 0.707. The second-order valence-electron chi connectivity index (χ2n) is 6.65. The predicted octanol–water partition coefficient (Wildman–Crippen LogP) is 2.57. The molecule has 144 valence electrons. The van der Waals surface area contributed by atoms with Crippen molar-refractivity contribution in [2.45, 2.75) is 26.2 Å². The van der Waals surface area contributed by atoms with Crippen molar-refractivity contribution in [2.75, 3.05) is 26.8 Å². The number of likely N-dealkylation sites (tertiary alicyclic amines) is 1. The Kier molecular flexibility index (Phi) is 6.05. The second-order valence-corrected chi connectivity index (χ2v) is 7.21. The molecule has 1 aliphatic heterocycles. The molecule has 1 fully saturated rings. The third-order valence-corrected chi connectivity index (χ3v) is 5.31. The van der Waals surface area contributed by atoms with Gasteiger partial charge >= 0.3 is 5.97 Å². The van der Waals surface area contributed by atoms with E-state index in [2.05, 4.69) is 8.75 Å². The Labute approximate surface area is 162 Å². The third-order valence-electron chi connectivity index (χ3n) is 4.83. The molecule has 0 spiro atoms. The standard InChI is InChI=1S/C19H23N3O4S/c1-3-26-18(24)19(11-14-6-4-7-15(10-14)25-2)8-5-9-22(13-19)17(23)16-12-20-27-21-16/h4,6-7,10,12H,3,5,8-9,11,13H2,1-2H3/t19-/m1/s1. The van der Waals surface area contributed by atoms with E-state index in [0.29, 0.717) is 38.2 Å². The molecule has 1 amide bonds. The normalized spacial score (nSPS) is 19.6. The number of benzene rings is 1. The van der Waals surface area contributed by atoms with Crippen LogP contribution in [0.1, 0.15) is 35.8 Å². The molecule has 1 saturated heterocycles. The van der Waals surface area contributed by atoms with Gasteiger partial charge in [0.05, 0.1) is 37.1 Å². The minimum atomic E-state index is -0.778. The Balaban J connectivity index is 1.87. The smallest absolute Gasteiger partial charge is 0.314 e. The van der Waals surface area contributed by atoms with Crippen molar-refractivity contribution in [3.8, 4) is 5.75 Å². The Hall–Kier alpha value is -2.48. The van der Waals surface area contributed by atoms with Crippen LogP contribution in [0.5, 0.6) is 5.75 Å². The lowest BCUT2D eigenvalue weighted by molar-refractivity contribution is -0.158. The molecule has 0 aliphatic carbocycles. The minimum Gasteiger partial charge on any atom is -0.497 e. The zero-order valence-electron chi connectivity index (χ0n) is 15.5. The number of carbonyl (C=O) groups is 2. The summed E-state index contributed by atoms with van der Waals surface area (Å²) in [6.45, 7) is 3.00. The van der Waals surface area contributed by atoms with E-state index in [-0.39, 0.29) is 11.9 Å². The van der Waals surface area contributed by atoms with Crippen molar-refractivity contribution < 1.29 is 19.1 Å². The van der Waals surface area contributed by atoms with Crippen molar-refractivity contribution in [3.05, 3.63) is 41.7 Å². The number of piperidine rings is 1. The van der Waals surface area contributed by atoms with Gasteiger partial charge in [0.25, 0.3) is 5.91 Å². The zero-order valence-corrected chi connectivity index (χ0v) is 16.3. The van der Waals surface area contributed by atoms with E-state index in [0.717, 1.165) is 29.5 Å². The van der Waals surface area contributed by atoms with Crippen molar-refractivity contribution in [1.29, 1.82) is 0 Å². The van der Waals surface area contributed by atoms with Crippen LogP contribution in [0.15, 0.2) is 30.5 Å². The Morgan fingerprint density at radius 3 is 2.93 bits per heavy atom. The van der Waals surface area contributed by atoms with Crippen molar-refractivity contribution in [3.63, 3.8) is 0 Å². The molecule has 27 heavy (non-hydrogen) atoms. The Morgan fingerprint density at radius 1 is 1.37 bits per heavy atom. The van der Waals surface area contributed by atoms with Gasteiger partial charge in [-0.1, -0.05) is 12.1 Å².